The van der Waals surface area contributed by atoms with Crippen molar-refractivity contribution in [2.45, 2.75) is 74.9 Å². The normalized spacial score (nSPS) is 35.4. The van der Waals surface area contributed by atoms with Gasteiger partial charge in [0.05, 0.1) is 13.2 Å². The van der Waals surface area contributed by atoms with E-state index in [-0.39, 0.29) is 0 Å². The Morgan fingerprint density at radius 3 is 1.26 bits per heavy atom. The molecule has 0 spiro atoms. The third-order valence-corrected chi connectivity index (χ3v) is 7.29. The summed E-state index contributed by atoms with van der Waals surface area (Å²) in [5, 5.41) is 80.0. The number of hydrogen-bond acceptors (Lipinski definition) is 10. The van der Waals surface area contributed by atoms with Gasteiger partial charge in [0.15, 0.2) is 0 Å². The van der Waals surface area contributed by atoms with E-state index in [4.69, 9.17) is 9.47 Å². The first-order chi connectivity index (χ1) is 18.1. The fraction of sp³-hybridized carbons (Fsp3) is 0.500. The van der Waals surface area contributed by atoms with E-state index < -0.39 is 74.3 Å². The van der Waals surface area contributed by atoms with E-state index in [2.05, 4.69) is 11.8 Å². The molecule has 0 bridgehead atoms. The van der Waals surface area contributed by atoms with Crippen LogP contribution in [-0.4, -0.2) is 103 Å². The Balaban J connectivity index is 1.52. The summed E-state index contributed by atoms with van der Waals surface area (Å²) in [5.74, 6) is 6.15. The Hall–Kier alpha value is -2.40. The first kappa shape index (κ1) is 28.6. The molecule has 0 aromatic heterocycles. The smallest absolute Gasteiger partial charge is 0.113 e. The minimum absolute atomic E-state index is 0.501. The minimum atomic E-state index is -1.46. The molecule has 0 amide bonds. The van der Waals surface area contributed by atoms with E-state index in [1.165, 1.54) is 0 Å². The summed E-state index contributed by atoms with van der Waals surface area (Å²) in [6, 6.07) is 10.5. The van der Waals surface area contributed by atoms with E-state index in [0.29, 0.717) is 22.3 Å². The van der Waals surface area contributed by atoms with Crippen molar-refractivity contribution in [1.29, 1.82) is 0 Å². The molecule has 0 aliphatic carbocycles. The lowest BCUT2D eigenvalue weighted by molar-refractivity contribution is -0.231. The zero-order chi connectivity index (χ0) is 27.7. The van der Waals surface area contributed by atoms with Crippen molar-refractivity contribution in [3.8, 4) is 11.8 Å². The van der Waals surface area contributed by atoms with Gasteiger partial charge in [-0.15, -0.1) is 0 Å². The lowest BCUT2D eigenvalue weighted by atomic mass is 9.88. The number of hydrogen-bond donors (Lipinski definition) is 8. The lowest BCUT2D eigenvalue weighted by Crippen LogP contribution is -2.55. The van der Waals surface area contributed by atoms with Gasteiger partial charge in [0.25, 0.3) is 0 Å². The molecular formula is C28H34O10. The molecule has 10 nitrogen and oxygen atoms in total. The summed E-state index contributed by atoms with van der Waals surface area (Å²) in [6.45, 7) is 2.61. The highest BCUT2D eigenvalue weighted by Gasteiger charge is 2.45. The molecule has 2 heterocycles. The number of aliphatic hydroxyl groups is 8. The Morgan fingerprint density at radius 1 is 0.579 bits per heavy atom. The van der Waals surface area contributed by atoms with Gasteiger partial charge in [-0.3, -0.25) is 0 Å². The average molecular weight is 531 g/mol. The van der Waals surface area contributed by atoms with Crippen LogP contribution in [0.4, 0.5) is 0 Å². The van der Waals surface area contributed by atoms with Crippen molar-refractivity contribution in [1.82, 2.24) is 0 Å². The van der Waals surface area contributed by atoms with Crippen LogP contribution in [0.3, 0.4) is 0 Å². The molecule has 206 valence electrons. The first-order valence-corrected chi connectivity index (χ1v) is 12.4. The highest BCUT2D eigenvalue weighted by atomic mass is 16.6. The average Bonchev–Trinajstić information content (AvgIpc) is 2.90. The number of rotatable bonds is 4. The SMILES string of the molecule is Cc1cc(C#Cc2ccc([C@H]3OC(CO)[C@@H](O)C(O)C3O)c(C)c2)ccc1[C@H]1OC(CO)[C@@H](O)C(O)C1O. The summed E-state index contributed by atoms with van der Waals surface area (Å²) in [5.41, 5.74) is 4.07. The Morgan fingerprint density at radius 2 is 0.947 bits per heavy atom. The van der Waals surface area contributed by atoms with E-state index in [9.17, 15) is 40.9 Å². The van der Waals surface area contributed by atoms with Gasteiger partial charge in [-0.1, -0.05) is 24.0 Å². The highest BCUT2D eigenvalue weighted by Crippen LogP contribution is 2.35. The summed E-state index contributed by atoms with van der Waals surface area (Å²) >= 11 is 0. The van der Waals surface area contributed by atoms with E-state index in [0.717, 1.165) is 11.1 Å². The largest absolute Gasteiger partial charge is 0.394 e. The van der Waals surface area contributed by atoms with Gasteiger partial charge < -0.3 is 50.3 Å². The van der Waals surface area contributed by atoms with Gasteiger partial charge in [-0.2, -0.15) is 0 Å². The molecule has 0 saturated carbocycles. The van der Waals surface area contributed by atoms with E-state index >= 15 is 0 Å². The van der Waals surface area contributed by atoms with Crippen molar-refractivity contribution < 1.29 is 50.3 Å². The van der Waals surface area contributed by atoms with Gasteiger partial charge in [0, 0.05) is 11.1 Å². The molecule has 10 atom stereocenters. The second kappa shape index (κ2) is 11.8. The molecule has 0 radical (unpaired) electrons. The molecule has 2 saturated heterocycles. The Labute approximate surface area is 220 Å². The quantitative estimate of drug-likeness (QED) is 0.222. The summed E-state index contributed by atoms with van der Waals surface area (Å²) in [7, 11) is 0. The maximum Gasteiger partial charge on any atom is 0.113 e. The van der Waals surface area contributed by atoms with Crippen LogP contribution >= 0.6 is 0 Å². The van der Waals surface area contributed by atoms with E-state index in [1.54, 1.807) is 50.2 Å². The number of ether oxygens (including phenoxy) is 2. The molecule has 2 aromatic rings. The fourth-order valence-corrected chi connectivity index (χ4v) is 5.01. The highest BCUT2D eigenvalue weighted by molar-refractivity contribution is 5.48. The summed E-state index contributed by atoms with van der Waals surface area (Å²) < 4.78 is 11.3. The minimum Gasteiger partial charge on any atom is -0.394 e. The molecule has 2 aliphatic heterocycles. The number of benzene rings is 2. The van der Waals surface area contributed by atoms with Gasteiger partial charge in [-0.05, 0) is 60.4 Å². The Kier molecular flexibility index (Phi) is 8.86. The van der Waals surface area contributed by atoms with Crippen LogP contribution in [0.15, 0.2) is 36.4 Å². The van der Waals surface area contributed by atoms with E-state index in [1.807, 2.05) is 0 Å². The standard InChI is InChI=1S/C28H34O10/c1-13-9-15(5-7-17(13)27-25(35)23(33)21(31)19(11-29)37-27)3-4-16-6-8-18(14(2)10-16)28-26(36)24(34)22(32)20(12-30)38-28/h5-10,19-36H,11-12H2,1-2H3/t19?,20?,21-,22-,23?,24?,25?,26?,27-,28-/m1/s1. The van der Waals surface area contributed by atoms with Gasteiger partial charge in [0.1, 0.15) is 61.0 Å². The Bertz CT molecular complexity index is 1100. The van der Waals surface area contributed by atoms with Crippen molar-refractivity contribution in [2.75, 3.05) is 13.2 Å². The van der Waals surface area contributed by atoms with Crippen molar-refractivity contribution in [3.63, 3.8) is 0 Å². The van der Waals surface area contributed by atoms with Crippen LogP contribution in [0.5, 0.6) is 0 Å². The second-order valence-electron chi connectivity index (χ2n) is 9.89. The number of aryl methyl sites for hydroxylation is 2. The van der Waals surface area contributed by atoms with Crippen molar-refractivity contribution in [3.05, 3.63) is 69.8 Å². The van der Waals surface area contributed by atoms with Crippen LogP contribution in [0.25, 0.3) is 0 Å². The predicted octanol–water partition coefficient (Wildman–Crippen LogP) is -1.27. The maximum absolute atomic E-state index is 10.4. The van der Waals surface area contributed by atoms with Crippen LogP contribution in [0.2, 0.25) is 0 Å². The van der Waals surface area contributed by atoms with Crippen molar-refractivity contribution >= 4 is 0 Å². The second-order valence-corrected chi connectivity index (χ2v) is 9.89. The molecular weight excluding hydrogens is 496 g/mol. The molecule has 10 heteroatoms. The molecule has 2 aliphatic rings. The zero-order valence-corrected chi connectivity index (χ0v) is 21.0. The fourth-order valence-electron chi connectivity index (χ4n) is 5.01. The third kappa shape index (κ3) is 5.50. The molecule has 2 aromatic carbocycles. The maximum atomic E-state index is 10.4. The molecule has 2 fully saturated rings. The topological polar surface area (TPSA) is 180 Å². The number of aliphatic hydroxyl groups excluding tert-OH is 8. The molecule has 38 heavy (non-hydrogen) atoms. The summed E-state index contributed by atoms with van der Waals surface area (Å²) in [6.07, 6.45) is -12.3. The third-order valence-electron chi connectivity index (χ3n) is 7.29. The summed E-state index contributed by atoms with van der Waals surface area (Å²) in [4.78, 5) is 0. The predicted molar refractivity (Wildman–Crippen MR) is 134 cm³/mol. The zero-order valence-electron chi connectivity index (χ0n) is 21.0. The first-order valence-electron chi connectivity index (χ1n) is 12.4. The molecule has 6 unspecified atom stereocenters. The van der Waals surface area contributed by atoms with Crippen LogP contribution < -0.4 is 0 Å². The van der Waals surface area contributed by atoms with Crippen molar-refractivity contribution in [2.24, 2.45) is 0 Å². The molecule has 8 N–H and O–H groups in total. The molecule has 4 rings (SSSR count). The van der Waals surface area contributed by atoms with Gasteiger partial charge >= 0.3 is 0 Å². The van der Waals surface area contributed by atoms with Gasteiger partial charge in [0.2, 0.25) is 0 Å². The monoisotopic (exact) mass is 530 g/mol. The van der Waals surface area contributed by atoms with Crippen LogP contribution in [0, 0.1) is 25.7 Å². The van der Waals surface area contributed by atoms with Crippen LogP contribution in [0.1, 0.15) is 45.6 Å². The van der Waals surface area contributed by atoms with Gasteiger partial charge in [-0.25, -0.2) is 0 Å². The lowest BCUT2D eigenvalue weighted by Gasteiger charge is -2.40. The van der Waals surface area contributed by atoms with Crippen LogP contribution in [-0.2, 0) is 9.47 Å².